The van der Waals surface area contributed by atoms with Crippen LogP contribution >= 0.6 is 0 Å². The predicted molar refractivity (Wildman–Crippen MR) is 67.7 cm³/mol. The number of methoxy groups -OCH3 is 1. The third-order valence-corrected chi connectivity index (χ3v) is 2.14. The molecular weight excluding hydrogens is 232 g/mol. The lowest BCUT2D eigenvalue weighted by Crippen LogP contribution is -2.20. The second-order valence-electron chi connectivity index (χ2n) is 3.38. The third-order valence-electron chi connectivity index (χ3n) is 2.14. The summed E-state index contributed by atoms with van der Waals surface area (Å²) in [5, 5.41) is 5.17. The number of anilines is 2. The van der Waals surface area contributed by atoms with E-state index < -0.39 is 6.03 Å². The van der Waals surface area contributed by atoms with E-state index in [1.807, 2.05) is 0 Å². The first-order valence-corrected chi connectivity index (χ1v) is 5.27. The second kappa shape index (κ2) is 5.62. The Hall–Kier alpha value is -2.63. The van der Waals surface area contributed by atoms with Gasteiger partial charge in [0.15, 0.2) is 0 Å². The van der Waals surface area contributed by atoms with E-state index in [4.69, 9.17) is 4.74 Å². The molecule has 0 saturated carbocycles. The Morgan fingerprint density at radius 2 is 1.78 bits per heavy atom. The normalized spacial score (nSPS) is 9.61. The standard InChI is InChI=1S/C12H12N4O2/c1-18-10-5-3-9(4-6-10)15-12(17)16-11-13-7-2-8-14-11/h2-8H,1H3,(H2,13,14,15,16,17). The van der Waals surface area contributed by atoms with Gasteiger partial charge in [0.05, 0.1) is 7.11 Å². The van der Waals surface area contributed by atoms with E-state index >= 15 is 0 Å². The van der Waals surface area contributed by atoms with Crippen LogP contribution in [0.4, 0.5) is 16.4 Å². The Balaban J connectivity index is 1.94. The van der Waals surface area contributed by atoms with Gasteiger partial charge in [-0.2, -0.15) is 0 Å². The molecule has 1 aromatic heterocycles. The Morgan fingerprint density at radius 3 is 2.39 bits per heavy atom. The summed E-state index contributed by atoms with van der Waals surface area (Å²) in [7, 11) is 1.59. The lowest BCUT2D eigenvalue weighted by molar-refractivity contribution is 0.262. The minimum absolute atomic E-state index is 0.253. The summed E-state index contributed by atoms with van der Waals surface area (Å²) in [5.74, 6) is 0.982. The number of amides is 2. The molecule has 1 aromatic carbocycles. The van der Waals surface area contributed by atoms with Crippen molar-refractivity contribution in [1.29, 1.82) is 0 Å². The van der Waals surface area contributed by atoms with E-state index in [2.05, 4.69) is 20.6 Å². The molecule has 2 amide bonds. The van der Waals surface area contributed by atoms with Crippen LogP contribution in [0.2, 0.25) is 0 Å². The van der Waals surface area contributed by atoms with Crippen molar-refractivity contribution in [2.45, 2.75) is 0 Å². The molecule has 2 rings (SSSR count). The number of rotatable bonds is 3. The summed E-state index contributed by atoms with van der Waals surface area (Å²) in [6.45, 7) is 0. The molecule has 0 aliphatic rings. The fourth-order valence-corrected chi connectivity index (χ4v) is 1.30. The van der Waals surface area contributed by atoms with Gasteiger partial charge in [-0.1, -0.05) is 0 Å². The maximum Gasteiger partial charge on any atom is 0.326 e. The predicted octanol–water partition coefficient (Wildman–Crippen LogP) is 2.13. The molecule has 0 spiro atoms. The van der Waals surface area contributed by atoms with E-state index in [1.165, 1.54) is 0 Å². The van der Waals surface area contributed by atoms with Gasteiger partial charge in [0.2, 0.25) is 5.95 Å². The monoisotopic (exact) mass is 244 g/mol. The number of nitrogens with zero attached hydrogens (tertiary/aromatic N) is 2. The van der Waals surface area contributed by atoms with Crippen molar-refractivity contribution < 1.29 is 9.53 Å². The van der Waals surface area contributed by atoms with E-state index in [9.17, 15) is 4.79 Å². The molecule has 92 valence electrons. The topological polar surface area (TPSA) is 76.1 Å². The van der Waals surface area contributed by atoms with Crippen LogP contribution in [0.1, 0.15) is 0 Å². The van der Waals surface area contributed by atoms with Gasteiger partial charge < -0.3 is 10.1 Å². The van der Waals surface area contributed by atoms with Crippen molar-refractivity contribution in [1.82, 2.24) is 9.97 Å². The van der Waals surface area contributed by atoms with Crippen LogP contribution in [0.15, 0.2) is 42.7 Å². The van der Waals surface area contributed by atoms with Gasteiger partial charge in [0, 0.05) is 18.1 Å². The first-order chi connectivity index (χ1) is 8.78. The summed E-state index contributed by atoms with van der Waals surface area (Å²) < 4.78 is 5.02. The van der Waals surface area contributed by atoms with Crippen LogP contribution < -0.4 is 15.4 Å². The zero-order valence-corrected chi connectivity index (χ0v) is 9.75. The maximum absolute atomic E-state index is 11.6. The summed E-state index contributed by atoms with van der Waals surface area (Å²) >= 11 is 0. The van der Waals surface area contributed by atoms with Gasteiger partial charge in [-0.15, -0.1) is 0 Å². The minimum atomic E-state index is -0.397. The molecule has 2 N–H and O–H groups in total. The molecule has 0 fully saturated rings. The molecule has 6 nitrogen and oxygen atoms in total. The molecule has 2 aromatic rings. The number of hydrogen-bond acceptors (Lipinski definition) is 4. The van der Waals surface area contributed by atoms with Crippen molar-refractivity contribution >= 4 is 17.7 Å². The van der Waals surface area contributed by atoms with E-state index in [0.29, 0.717) is 5.69 Å². The highest BCUT2D eigenvalue weighted by atomic mass is 16.5. The van der Waals surface area contributed by atoms with Crippen LogP contribution in [0.3, 0.4) is 0 Å². The molecule has 0 atom stereocenters. The van der Waals surface area contributed by atoms with Crippen LogP contribution in [-0.4, -0.2) is 23.1 Å². The van der Waals surface area contributed by atoms with Crippen LogP contribution in [0.25, 0.3) is 0 Å². The number of nitrogens with one attached hydrogen (secondary N) is 2. The lowest BCUT2D eigenvalue weighted by Gasteiger charge is -2.06. The second-order valence-corrected chi connectivity index (χ2v) is 3.38. The van der Waals surface area contributed by atoms with Crippen LogP contribution in [-0.2, 0) is 0 Å². The number of carbonyl (C=O) groups excluding carboxylic acids is 1. The first kappa shape index (κ1) is 11.8. The number of benzene rings is 1. The number of hydrogen-bond donors (Lipinski definition) is 2. The zero-order chi connectivity index (χ0) is 12.8. The van der Waals surface area contributed by atoms with Gasteiger partial charge >= 0.3 is 6.03 Å². The van der Waals surface area contributed by atoms with E-state index in [0.717, 1.165) is 5.75 Å². The molecule has 0 unspecified atom stereocenters. The Bertz CT molecular complexity index is 513. The number of ether oxygens (including phenoxy) is 1. The summed E-state index contributed by atoms with van der Waals surface area (Å²) in [4.78, 5) is 19.4. The highest BCUT2D eigenvalue weighted by Crippen LogP contribution is 2.14. The first-order valence-electron chi connectivity index (χ1n) is 5.27. The average molecular weight is 244 g/mol. The highest BCUT2D eigenvalue weighted by Gasteiger charge is 2.03. The lowest BCUT2D eigenvalue weighted by atomic mass is 10.3. The fourth-order valence-electron chi connectivity index (χ4n) is 1.30. The molecule has 0 saturated heterocycles. The molecule has 1 heterocycles. The summed E-state index contributed by atoms with van der Waals surface area (Å²) in [6.07, 6.45) is 3.10. The van der Waals surface area contributed by atoms with Crippen LogP contribution in [0, 0.1) is 0 Å². The number of urea groups is 1. The van der Waals surface area contributed by atoms with Gasteiger partial charge in [-0.05, 0) is 30.3 Å². The molecular formula is C12H12N4O2. The molecule has 0 bridgehead atoms. The van der Waals surface area contributed by atoms with E-state index in [1.54, 1.807) is 49.8 Å². The van der Waals surface area contributed by atoms with Gasteiger partial charge in [0.1, 0.15) is 5.75 Å². The molecule has 0 aliphatic carbocycles. The van der Waals surface area contributed by atoms with Crippen LogP contribution in [0.5, 0.6) is 5.75 Å². The quantitative estimate of drug-likeness (QED) is 0.867. The summed E-state index contributed by atoms with van der Waals surface area (Å²) in [5.41, 5.74) is 0.657. The Kier molecular flexibility index (Phi) is 3.70. The molecule has 6 heteroatoms. The van der Waals surface area contributed by atoms with Gasteiger partial charge in [-0.3, -0.25) is 5.32 Å². The third kappa shape index (κ3) is 3.18. The Labute approximate surface area is 104 Å². The SMILES string of the molecule is COc1ccc(NC(=O)Nc2ncccn2)cc1. The highest BCUT2D eigenvalue weighted by molar-refractivity contribution is 5.98. The maximum atomic E-state index is 11.6. The summed E-state index contributed by atoms with van der Waals surface area (Å²) in [6, 6.07) is 8.27. The fraction of sp³-hybridized carbons (Fsp3) is 0.0833. The van der Waals surface area contributed by atoms with Gasteiger partial charge in [0.25, 0.3) is 0 Å². The molecule has 0 aliphatic heterocycles. The number of carbonyl (C=O) groups is 1. The van der Waals surface area contributed by atoms with Gasteiger partial charge in [-0.25, -0.2) is 14.8 Å². The minimum Gasteiger partial charge on any atom is -0.497 e. The average Bonchev–Trinajstić information content (AvgIpc) is 2.40. The zero-order valence-electron chi connectivity index (χ0n) is 9.75. The van der Waals surface area contributed by atoms with Crippen molar-refractivity contribution in [2.75, 3.05) is 17.7 Å². The van der Waals surface area contributed by atoms with E-state index in [-0.39, 0.29) is 5.95 Å². The Morgan fingerprint density at radius 1 is 1.11 bits per heavy atom. The van der Waals surface area contributed by atoms with Crippen molar-refractivity contribution in [2.24, 2.45) is 0 Å². The van der Waals surface area contributed by atoms with Crippen molar-refractivity contribution in [3.05, 3.63) is 42.7 Å². The smallest absolute Gasteiger partial charge is 0.326 e. The van der Waals surface area contributed by atoms with Crippen molar-refractivity contribution in [3.63, 3.8) is 0 Å². The van der Waals surface area contributed by atoms with Crippen molar-refractivity contribution in [3.8, 4) is 5.75 Å². The largest absolute Gasteiger partial charge is 0.497 e. The number of aromatic nitrogens is 2. The molecule has 0 radical (unpaired) electrons. The molecule has 18 heavy (non-hydrogen) atoms.